The molecule has 0 saturated carbocycles. The van der Waals surface area contributed by atoms with Crippen LogP contribution in [0.3, 0.4) is 0 Å². The number of carbonyl (C=O) groups is 1. The van der Waals surface area contributed by atoms with Gasteiger partial charge in [0.05, 0.1) is 17.6 Å². The molecular formula is C24H27N5O2. The van der Waals surface area contributed by atoms with Crippen LogP contribution in [0.2, 0.25) is 0 Å². The molecule has 2 aliphatic heterocycles. The summed E-state index contributed by atoms with van der Waals surface area (Å²) in [5.41, 5.74) is 3.00. The van der Waals surface area contributed by atoms with E-state index in [9.17, 15) is 4.79 Å². The van der Waals surface area contributed by atoms with Gasteiger partial charge in [-0.3, -0.25) is 9.78 Å². The fourth-order valence-corrected chi connectivity index (χ4v) is 5.13. The summed E-state index contributed by atoms with van der Waals surface area (Å²) in [6.07, 6.45) is 5.65. The molecule has 0 unspecified atom stereocenters. The molecule has 0 spiro atoms. The summed E-state index contributed by atoms with van der Waals surface area (Å²) in [6.45, 7) is 7.01. The average molecular weight is 418 g/mol. The highest BCUT2D eigenvalue weighted by atomic mass is 16.5. The van der Waals surface area contributed by atoms with E-state index in [-0.39, 0.29) is 11.3 Å². The number of benzene rings is 1. The normalized spacial score (nSPS) is 22.7. The molecular weight excluding hydrogens is 390 g/mol. The lowest BCUT2D eigenvalue weighted by Crippen LogP contribution is -2.37. The third-order valence-corrected chi connectivity index (χ3v) is 6.71. The molecule has 1 amide bonds. The topological polar surface area (TPSA) is 75.4 Å². The van der Waals surface area contributed by atoms with Crippen molar-refractivity contribution in [2.45, 2.75) is 26.7 Å². The van der Waals surface area contributed by atoms with Gasteiger partial charge in [0.15, 0.2) is 0 Å². The lowest BCUT2D eigenvalue weighted by Gasteiger charge is -2.29. The molecule has 0 N–H and O–H groups in total. The van der Waals surface area contributed by atoms with Gasteiger partial charge in [-0.15, -0.1) is 0 Å². The molecule has 160 valence electrons. The standard InChI is InChI=1S/C24H27N5O2/c1-17-10-21(31-27-17)23(30)29-14-20-13-28(22-12-25-11-18(2)26-22)15-24(20,16-29)9-8-19-6-4-3-5-7-19/h3-7,10-12,20H,8-9,13-16H2,1-2H3/t20-,24+/m0/s1. The van der Waals surface area contributed by atoms with Crippen molar-refractivity contribution in [1.29, 1.82) is 0 Å². The first-order valence-corrected chi connectivity index (χ1v) is 10.8. The van der Waals surface area contributed by atoms with Gasteiger partial charge in [0.1, 0.15) is 5.82 Å². The number of anilines is 1. The number of nitrogens with zero attached hydrogens (tertiary/aromatic N) is 5. The highest BCUT2D eigenvalue weighted by Crippen LogP contribution is 2.47. The van der Waals surface area contributed by atoms with Gasteiger partial charge in [-0.2, -0.15) is 0 Å². The zero-order valence-corrected chi connectivity index (χ0v) is 18.0. The number of fused-ring (bicyclic) bond motifs is 1. The minimum absolute atomic E-state index is 0.0198. The minimum atomic E-state index is -0.0593. The highest BCUT2D eigenvalue weighted by Gasteiger charge is 2.53. The van der Waals surface area contributed by atoms with Crippen LogP contribution >= 0.6 is 0 Å². The van der Waals surface area contributed by atoms with Crippen LogP contribution in [0.5, 0.6) is 0 Å². The third-order valence-electron chi connectivity index (χ3n) is 6.71. The Hall–Kier alpha value is -3.22. The van der Waals surface area contributed by atoms with Crippen molar-refractivity contribution in [2.75, 3.05) is 31.1 Å². The Balaban J connectivity index is 1.39. The summed E-state index contributed by atoms with van der Waals surface area (Å²) >= 11 is 0. The van der Waals surface area contributed by atoms with E-state index in [1.54, 1.807) is 12.3 Å². The SMILES string of the molecule is Cc1cc(C(=O)N2C[C@@H]3CN(c4cncc(C)n4)C[C@]3(CCc3ccccc3)C2)on1. The number of aromatic nitrogens is 3. The maximum absolute atomic E-state index is 13.1. The molecule has 1 aromatic carbocycles. The first kappa shape index (κ1) is 19.7. The van der Waals surface area contributed by atoms with Gasteiger partial charge in [0.2, 0.25) is 5.76 Å². The monoisotopic (exact) mass is 417 g/mol. The summed E-state index contributed by atoms with van der Waals surface area (Å²) in [6, 6.07) is 12.3. The van der Waals surface area contributed by atoms with E-state index in [0.717, 1.165) is 56.2 Å². The molecule has 2 saturated heterocycles. The summed E-state index contributed by atoms with van der Waals surface area (Å²) in [5, 5.41) is 3.89. The zero-order chi connectivity index (χ0) is 21.4. The molecule has 5 rings (SSSR count). The number of amides is 1. The van der Waals surface area contributed by atoms with E-state index in [0.29, 0.717) is 11.7 Å². The van der Waals surface area contributed by atoms with Gasteiger partial charge >= 0.3 is 0 Å². The second-order valence-electron chi connectivity index (χ2n) is 8.96. The second-order valence-corrected chi connectivity index (χ2v) is 8.96. The molecule has 7 nitrogen and oxygen atoms in total. The Morgan fingerprint density at radius 1 is 1.13 bits per heavy atom. The molecule has 0 aliphatic carbocycles. The molecule has 3 aromatic rings. The smallest absolute Gasteiger partial charge is 0.292 e. The largest absolute Gasteiger partial charge is 0.354 e. The predicted molar refractivity (Wildman–Crippen MR) is 117 cm³/mol. The van der Waals surface area contributed by atoms with Crippen molar-refractivity contribution in [3.8, 4) is 0 Å². The molecule has 2 aliphatic rings. The van der Waals surface area contributed by atoms with Crippen LogP contribution in [0.4, 0.5) is 5.82 Å². The predicted octanol–water partition coefficient (Wildman–Crippen LogP) is 3.29. The van der Waals surface area contributed by atoms with Gasteiger partial charge in [-0.05, 0) is 32.3 Å². The van der Waals surface area contributed by atoms with Crippen LogP contribution in [0.1, 0.15) is 33.9 Å². The molecule has 4 heterocycles. The van der Waals surface area contributed by atoms with E-state index in [1.165, 1.54) is 5.56 Å². The lowest BCUT2D eigenvalue weighted by molar-refractivity contribution is 0.0729. The van der Waals surface area contributed by atoms with Crippen molar-refractivity contribution in [3.05, 3.63) is 71.5 Å². The molecule has 31 heavy (non-hydrogen) atoms. The summed E-state index contributed by atoms with van der Waals surface area (Å²) in [7, 11) is 0. The Morgan fingerprint density at radius 2 is 1.97 bits per heavy atom. The Kier molecular flexibility index (Phi) is 4.96. The maximum Gasteiger partial charge on any atom is 0.292 e. The minimum Gasteiger partial charge on any atom is -0.354 e. The fraction of sp³-hybridized carbons (Fsp3) is 0.417. The Labute approximate surface area is 182 Å². The van der Waals surface area contributed by atoms with E-state index < -0.39 is 0 Å². The summed E-state index contributed by atoms with van der Waals surface area (Å²) in [5.74, 6) is 1.58. The van der Waals surface area contributed by atoms with E-state index >= 15 is 0 Å². The number of hydrogen-bond donors (Lipinski definition) is 0. The Morgan fingerprint density at radius 3 is 2.71 bits per heavy atom. The first-order chi connectivity index (χ1) is 15.0. The van der Waals surface area contributed by atoms with Crippen LogP contribution < -0.4 is 4.90 Å². The number of likely N-dealkylation sites (tertiary alicyclic amines) is 1. The van der Waals surface area contributed by atoms with Crippen LogP contribution in [-0.2, 0) is 6.42 Å². The maximum atomic E-state index is 13.1. The van der Waals surface area contributed by atoms with Crippen molar-refractivity contribution < 1.29 is 9.32 Å². The fourth-order valence-electron chi connectivity index (χ4n) is 5.13. The molecule has 2 aromatic heterocycles. The molecule has 0 bridgehead atoms. The van der Waals surface area contributed by atoms with Crippen molar-refractivity contribution in [1.82, 2.24) is 20.0 Å². The molecule has 7 heteroatoms. The second kappa shape index (κ2) is 7.80. The Bertz CT molecular complexity index is 1080. The van der Waals surface area contributed by atoms with E-state index in [2.05, 4.69) is 39.3 Å². The molecule has 2 atom stereocenters. The van der Waals surface area contributed by atoms with Crippen LogP contribution in [0.15, 0.2) is 53.3 Å². The van der Waals surface area contributed by atoms with Gasteiger partial charge in [-0.1, -0.05) is 35.5 Å². The van der Waals surface area contributed by atoms with Gasteiger partial charge < -0.3 is 14.3 Å². The number of rotatable bonds is 5. The van der Waals surface area contributed by atoms with Crippen LogP contribution in [0, 0.1) is 25.2 Å². The summed E-state index contributed by atoms with van der Waals surface area (Å²) < 4.78 is 5.26. The van der Waals surface area contributed by atoms with Crippen molar-refractivity contribution in [2.24, 2.45) is 11.3 Å². The molecule has 2 fully saturated rings. The average Bonchev–Trinajstić information content (AvgIpc) is 3.45. The first-order valence-electron chi connectivity index (χ1n) is 10.8. The number of aryl methyl sites for hydroxylation is 3. The van der Waals surface area contributed by atoms with Crippen LogP contribution in [-0.4, -0.2) is 52.1 Å². The van der Waals surface area contributed by atoms with Crippen molar-refractivity contribution in [3.63, 3.8) is 0 Å². The zero-order valence-electron chi connectivity index (χ0n) is 18.0. The number of hydrogen-bond acceptors (Lipinski definition) is 6. The lowest BCUT2D eigenvalue weighted by atomic mass is 9.76. The van der Waals surface area contributed by atoms with Gasteiger partial charge in [-0.25, -0.2) is 4.98 Å². The van der Waals surface area contributed by atoms with Crippen LogP contribution in [0.25, 0.3) is 0 Å². The van der Waals surface area contributed by atoms with Crippen molar-refractivity contribution >= 4 is 11.7 Å². The van der Waals surface area contributed by atoms with Gasteiger partial charge in [0.25, 0.3) is 5.91 Å². The summed E-state index contributed by atoms with van der Waals surface area (Å²) in [4.78, 5) is 26.4. The quantitative estimate of drug-likeness (QED) is 0.634. The van der Waals surface area contributed by atoms with E-state index in [4.69, 9.17) is 9.51 Å². The molecule has 0 radical (unpaired) electrons. The number of carbonyl (C=O) groups excluding carboxylic acids is 1. The third kappa shape index (κ3) is 3.80. The van der Waals surface area contributed by atoms with Gasteiger partial charge in [0, 0.05) is 49.8 Å². The van der Waals surface area contributed by atoms with E-state index in [1.807, 2.05) is 31.0 Å². The highest BCUT2D eigenvalue weighted by molar-refractivity contribution is 5.91.